The molecular weight excluding hydrogens is 270 g/mol. The number of ether oxygens (including phenoxy) is 2. The molecule has 1 rings (SSSR count). The lowest BCUT2D eigenvalue weighted by atomic mass is 10.1. The van der Waals surface area contributed by atoms with Crippen LogP contribution in [0.15, 0.2) is 18.2 Å². The first-order valence-electron chi connectivity index (χ1n) is 7.09. The van der Waals surface area contributed by atoms with E-state index in [1.165, 1.54) is 7.11 Å². The molecule has 0 spiro atoms. The van der Waals surface area contributed by atoms with Gasteiger partial charge in [0.25, 0.3) is 0 Å². The average molecular weight is 295 g/mol. The van der Waals surface area contributed by atoms with Crippen LogP contribution in [-0.2, 0) is 11.3 Å². The van der Waals surface area contributed by atoms with E-state index in [-0.39, 0.29) is 5.56 Å². The quantitative estimate of drug-likeness (QED) is 0.758. The number of hydrogen-bond acceptors (Lipinski definition) is 4. The van der Waals surface area contributed by atoms with E-state index >= 15 is 0 Å². The molecule has 0 saturated carbocycles. The third kappa shape index (κ3) is 5.73. The van der Waals surface area contributed by atoms with Gasteiger partial charge in [-0.25, -0.2) is 4.79 Å². The summed E-state index contributed by atoms with van der Waals surface area (Å²) in [6.07, 6.45) is 0. The Labute approximate surface area is 126 Å². The zero-order valence-electron chi connectivity index (χ0n) is 13.3. The van der Waals surface area contributed by atoms with Crippen LogP contribution in [0.3, 0.4) is 0 Å². The Morgan fingerprint density at radius 2 is 2.05 bits per heavy atom. The van der Waals surface area contributed by atoms with Crippen molar-refractivity contribution in [2.45, 2.75) is 20.4 Å². The second kappa shape index (κ2) is 8.64. The van der Waals surface area contributed by atoms with Crippen LogP contribution in [0.4, 0.5) is 0 Å². The summed E-state index contributed by atoms with van der Waals surface area (Å²) < 4.78 is 10.3. The molecule has 0 fully saturated rings. The van der Waals surface area contributed by atoms with Crippen LogP contribution in [0.1, 0.15) is 29.8 Å². The fraction of sp³-hybridized carbons (Fsp3) is 0.562. The van der Waals surface area contributed by atoms with Crippen molar-refractivity contribution in [1.82, 2.24) is 4.90 Å². The van der Waals surface area contributed by atoms with E-state index in [1.807, 2.05) is 6.07 Å². The highest BCUT2D eigenvalue weighted by atomic mass is 16.5. The van der Waals surface area contributed by atoms with E-state index in [0.29, 0.717) is 18.3 Å². The van der Waals surface area contributed by atoms with E-state index < -0.39 is 5.97 Å². The van der Waals surface area contributed by atoms with Gasteiger partial charge in [0, 0.05) is 26.7 Å². The molecule has 1 aromatic carbocycles. The summed E-state index contributed by atoms with van der Waals surface area (Å²) in [6.45, 7) is 7.58. The number of benzene rings is 1. The topological polar surface area (TPSA) is 59.0 Å². The first kappa shape index (κ1) is 17.5. The SMILES string of the molecule is COCCN(Cc1ccc(C(=O)O)c(OC)c1)CC(C)C. The Morgan fingerprint density at radius 1 is 1.33 bits per heavy atom. The van der Waals surface area contributed by atoms with Gasteiger partial charge in [-0.2, -0.15) is 0 Å². The van der Waals surface area contributed by atoms with Gasteiger partial charge in [-0.15, -0.1) is 0 Å². The number of rotatable bonds is 9. The molecular formula is C16H25NO4. The van der Waals surface area contributed by atoms with Gasteiger partial charge in [-0.1, -0.05) is 19.9 Å². The van der Waals surface area contributed by atoms with Crippen LogP contribution in [0, 0.1) is 5.92 Å². The number of nitrogens with zero attached hydrogens (tertiary/aromatic N) is 1. The second-order valence-corrected chi connectivity index (χ2v) is 5.46. The molecule has 0 heterocycles. The van der Waals surface area contributed by atoms with Gasteiger partial charge in [0.2, 0.25) is 0 Å². The van der Waals surface area contributed by atoms with Gasteiger partial charge in [0.15, 0.2) is 0 Å². The van der Waals surface area contributed by atoms with Gasteiger partial charge in [-0.05, 0) is 23.6 Å². The summed E-state index contributed by atoms with van der Waals surface area (Å²) in [4.78, 5) is 13.4. The van der Waals surface area contributed by atoms with Crippen molar-refractivity contribution in [3.63, 3.8) is 0 Å². The maximum absolute atomic E-state index is 11.1. The van der Waals surface area contributed by atoms with Crippen molar-refractivity contribution in [2.75, 3.05) is 33.9 Å². The van der Waals surface area contributed by atoms with Crippen LogP contribution in [0.2, 0.25) is 0 Å². The molecule has 0 saturated heterocycles. The number of aromatic carboxylic acids is 1. The van der Waals surface area contributed by atoms with Crippen molar-refractivity contribution in [3.8, 4) is 5.75 Å². The Balaban J connectivity index is 2.85. The van der Waals surface area contributed by atoms with Crippen LogP contribution in [0.25, 0.3) is 0 Å². The van der Waals surface area contributed by atoms with Gasteiger partial charge >= 0.3 is 5.97 Å². The van der Waals surface area contributed by atoms with Gasteiger partial charge in [0.1, 0.15) is 11.3 Å². The molecule has 1 aromatic rings. The first-order chi connectivity index (χ1) is 9.97. The molecule has 0 aliphatic heterocycles. The summed E-state index contributed by atoms with van der Waals surface area (Å²) >= 11 is 0. The van der Waals surface area contributed by atoms with Gasteiger partial charge in [-0.3, -0.25) is 4.90 Å². The average Bonchev–Trinajstić information content (AvgIpc) is 2.43. The molecule has 5 nitrogen and oxygen atoms in total. The molecule has 5 heteroatoms. The standard InChI is InChI=1S/C16H25NO4/c1-12(2)10-17(7-8-20-3)11-13-5-6-14(16(18)19)15(9-13)21-4/h5-6,9,12H,7-8,10-11H2,1-4H3,(H,18,19). The van der Waals surface area contributed by atoms with Crippen molar-refractivity contribution in [2.24, 2.45) is 5.92 Å². The van der Waals surface area contributed by atoms with Crippen LogP contribution >= 0.6 is 0 Å². The van der Waals surface area contributed by atoms with Crippen LogP contribution in [0.5, 0.6) is 5.75 Å². The fourth-order valence-electron chi connectivity index (χ4n) is 2.24. The number of carboxylic acid groups (broad SMARTS) is 1. The molecule has 0 aliphatic rings. The number of carbonyl (C=O) groups is 1. The highest BCUT2D eigenvalue weighted by molar-refractivity contribution is 5.90. The predicted octanol–water partition coefficient (Wildman–Crippen LogP) is 2.50. The normalized spacial score (nSPS) is 11.1. The Kier molecular flexibility index (Phi) is 7.19. The van der Waals surface area contributed by atoms with Crippen LogP contribution < -0.4 is 4.74 Å². The van der Waals surface area contributed by atoms with E-state index in [9.17, 15) is 4.79 Å². The molecule has 0 aromatic heterocycles. The zero-order chi connectivity index (χ0) is 15.8. The van der Waals surface area contributed by atoms with Gasteiger partial charge < -0.3 is 14.6 Å². The monoisotopic (exact) mass is 295 g/mol. The third-order valence-electron chi connectivity index (χ3n) is 3.14. The third-order valence-corrected chi connectivity index (χ3v) is 3.14. The van der Waals surface area contributed by atoms with Gasteiger partial charge in [0.05, 0.1) is 13.7 Å². The Morgan fingerprint density at radius 3 is 2.57 bits per heavy atom. The smallest absolute Gasteiger partial charge is 0.339 e. The summed E-state index contributed by atoms with van der Waals surface area (Å²) in [6, 6.07) is 5.23. The van der Waals surface area contributed by atoms with E-state index in [1.54, 1.807) is 19.2 Å². The molecule has 0 radical (unpaired) electrons. The fourth-order valence-corrected chi connectivity index (χ4v) is 2.24. The van der Waals surface area contributed by atoms with Crippen LogP contribution in [-0.4, -0.2) is 49.9 Å². The lowest BCUT2D eigenvalue weighted by Crippen LogP contribution is -2.30. The van der Waals surface area contributed by atoms with E-state index in [4.69, 9.17) is 14.6 Å². The molecule has 0 amide bonds. The maximum atomic E-state index is 11.1. The minimum atomic E-state index is -0.975. The molecule has 0 aliphatic carbocycles. The van der Waals surface area contributed by atoms with Crippen molar-refractivity contribution >= 4 is 5.97 Å². The molecule has 0 bridgehead atoms. The maximum Gasteiger partial charge on any atom is 0.339 e. The number of carboxylic acids is 1. The first-order valence-corrected chi connectivity index (χ1v) is 7.09. The van der Waals surface area contributed by atoms with E-state index in [0.717, 1.165) is 25.2 Å². The molecule has 0 atom stereocenters. The molecule has 0 unspecified atom stereocenters. The summed E-state index contributed by atoms with van der Waals surface area (Å²) in [5.41, 5.74) is 1.22. The number of hydrogen-bond donors (Lipinski definition) is 1. The minimum Gasteiger partial charge on any atom is -0.496 e. The largest absolute Gasteiger partial charge is 0.496 e. The highest BCUT2D eigenvalue weighted by Gasteiger charge is 2.13. The molecule has 118 valence electrons. The van der Waals surface area contributed by atoms with Crippen molar-refractivity contribution < 1.29 is 19.4 Å². The van der Waals surface area contributed by atoms with E-state index in [2.05, 4.69) is 18.7 Å². The summed E-state index contributed by atoms with van der Waals surface area (Å²) in [7, 11) is 3.18. The second-order valence-electron chi connectivity index (χ2n) is 5.46. The Bertz CT molecular complexity index is 460. The molecule has 1 N–H and O–H groups in total. The number of methoxy groups -OCH3 is 2. The highest BCUT2D eigenvalue weighted by Crippen LogP contribution is 2.21. The molecule has 21 heavy (non-hydrogen) atoms. The Hall–Kier alpha value is -1.59. The lowest BCUT2D eigenvalue weighted by Gasteiger charge is -2.24. The predicted molar refractivity (Wildman–Crippen MR) is 81.9 cm³/mol. The summed E-state index contributed by atoms with van der Waals surface area (Å²) in [5.74, 6) is -0.0184. The van der Waals surface area contributed by atoms with Crippen molar-refractivity contribution in [1.29, 1.82) is 0 Å². The summed E-state index contributed by atoms with van der Waals surface area (Å²) in [5, 5.41) is 9.10. The zero-order valence-corrected chi connectivity index (χ0v) is 13.3. The minimum absolute atomic E-state index is 0.188. The van der Waals surface area contributed by atoms with Crippen molar-refractivity contribution in [3.05, 3.63) is 29.3 Å². The lowest BCUT2D eigenvalue weighted by molar-refractivity contribution is 0.0693.